The number of rotatable bonds is 4. The number of halogens is 2. The van der Waals surface area contributed by atoms with E-state index >= 15 is 0 Å². The Morgan fingerprint density at radius 3 is 2.43 bits per heavy atom. The third-order valence-corrected chi connectivity index (χ3v) is 5.12. The maximum Gasteiger partial charge on any atom is 0.135 e. The summed E-state index contributed by atoms with van der Waals surface area (Å²) in [6.07, 6.45) is 4.08. The third-order valence-electron chi connectivity index (χ3n) is 5.12. The minimum Gasteiger partial charge on any atom is -0.348 e. The van der Waals surface area contributed by atoms with Crippen LogP contribution in [0.15, 0.2) is 79.1 Å². The van der Waals surface area contributed by atoms with Crippen LogP contribution >= 0.6 is 0 Å². The highest BCUT2D eigenvalue weighted by Crippen LogP contribution is 2.32. The van der Waals surface area contributed by atoms with Gasteiger partial charge in [-0.1, -0.05) is 24.3 Å². The molecule has 0 N–H and O–H groups in total. The lowest BCUT2D eigenvalue weighted by atomic mass is 9.97. The molecule has 28 heavy (non-hydrogen) atoms. The number of benzene rings is 2. The molecule has 0 saturated heterocycles. The van der Waals surface area contributed by atoms with Gasteiger partial charge in [-0.15, -0.1) is 0 Å². The van der Waals surface area contributed by atoms with E-state index in [0.29, 0.717) is 17.9 Å². The molecule has 0 fully saturated rings. The summed E-state index contributed by atoms with van der Waals surface area (Å²) in [6, 6.07) is 19.2. The van der Waals surface area contributed by atoms with E-state index in [1.807, 2.05) is 42.7 Å². The Kier molecular flexibility index (Phi) is 4.59. The number of anilines is 1. The maximum absolute atomic E-state index is 14.2. The molecule has 0 atom stereocenters. The van der Waals surface area contributed by atoms with Gasteiger partial charge in [0, 0.05) is 29.7 Å². The highest BCUT2D eigenvalue weighted by molar-refractivity contribution is 5.60. The number of aromatic nitrogens is 1. The molecule has 0 saturated carbocycles. The van der Waals surface area contributed by atoms with E-state index in [1.165, 1.54) is 12.1 Å². The van der Waals surface area contributed by atoms with E-state index in [4.69, 9.17) is 4.98 Å². The monoisotopic (exact) mass is 377 g/mol. The molecule has 0 aliphatic carbocycles. The first-order valence-corrected chi connectivity index (χ1v) is 9.15. The van der Waals surface area contributed by atoms with E-state index in [1.54, 1.807) is 6.07 Å². The lowest BCUT2D eigenvalue weighted by Gasteiger charge is -2.36. The molecule has 142 valence electrons. The number of nitrogens with zero attached hydrogens (tertiary/aromatic N) is 3. The lowest BCUT2D eigenvalue weighted by molar-refractivity contribution is 0.196. The Labute approximate surface area is 163 Å². The van der Waals surface area contributed by atoms with Crippen molar-refractivity contribution in [2.45, 2.75) is 19.4 Å². The van der Waals surface area contributed by atoms with Crippen molar-refractivity contribution in [2.24, 2.45) is 0 Å². The zero-order chi connectivity index (χ0) is 19.7. The van der Waals surface area contributed by atoms with Gasteiger partial charge in [0.2, 0.25) is 0 Å². The van der Waals surface area contributed by atoms with Crippen LogP contribution in [0.2, 0.25) is 0 Å². The molecule has 0 spiro atoms. The van der Waals surface area contributed by atoms with Crippen LogP contribution in [0, 0.1) is 11.6 Å². The molecule has 2 heterocycles. The number of para-hydroxylation sites is 1. The summed E-state index contributed by atoms with van der Waals surface area (Å²) in [5.41, 5.74) is 2.31. The summed E-state index contributed by atoms with van der Waals surface area (Å²) >= 11 is 0. The van der Waals surface area contributed by atoms with Crippen LogP contribution in [0.4, 0.5) is 14.5 Å². The molecular weight excluding hydrogens is 356 g/mol. The minimum atomic E-state index is -0.612. The van der Waals surface area contributed by atoms with Gasteiger partial charge in [0.05, 0.1) is 23.6 Å². The van der Waals surface area contributed by atoms with Crippen LogP contribution in [0.1, 0.15) is 19.5 Å². The van der Waals surface area contributed by atoms with E-state index in [9.17, 15) is 8.78 Å². The van der Waals surface area contributed by atoms with Crippen molar-refractivity contribution in [2.75, 3.05) is 11.6 Å². The molecule has 1 aliphatic rings. The van der Waals surface area contributed by atoms with Crippen molar-refractivity contribution in [1.29, 1.82) is 0 Å². The fraction of sp³-hybridized carbons (Fsp3) is 0.174. The summed E-state index contributed by atoms with van der Waals surface area (Å²) in [5, 5.41) is 0. The van der Waals surface area contributed by atoms with E-state index in [-0.39, 0.29) is 0 Å². The standard InChI is InChI=1S/C23H21F2N3/c1-23(2,28-14-13-27(16-28)18-7-4-3-5-8-18)22-10-6-9-21(26-22)19-12-11-17(24)15-20(19)25/h3-15H,16H2,1-2H3. The smallest absolute Gasteiger partial charge is 0.135 e. The van der Waals surface area contributed by atoms with E-state index in [2.05, 4.69) is 35.8 Å². The number of hydrogen-bond donors (Lipinski definition) is 0. The summed E-state index contributed by atoms with van der Waals surface area (Å²) in [6.45, 7) is 4.85. The normalized spacial score (nSPS) is 14.0. The Morgan fingerprint density at radius 2 is 1.68 bits per heavy atom. The van der Waals surface area contributed by atoms with Crippen LogP contribution in [0.25, 0.3) is 11.3 Å². The average molecular weight is 377 g/mol. The SMILES string of the molecule is CC(C)(c1cccc(-c2ccc(F)cc2F)n1)N1C=CN(c2ccccc2)C1. The quantitative estimate of drug-likeness (QED) is 0.597. The van der Waals surface area contributed by atoms with Crippen LogP contribution in [-0.2, 0) is 5.54 Å². The molecule has 3 aromatic rings. The zero-order valence-electron chi connectivity index (χ0n) is 15.8. The molecule has 0 bridgehead atoms. The van der Waals surface area contributed by atoms with Crippen LogP contribution in [0.3, 0.4) is 0 Å². The fourth-order valence-corrected chi connectivity index (χ4v) is 3.34. The summed E-state index contributed by atoms with van der Waals surface area (Å²) < 4.78 is 27.4. The summed E-state index contributed by atoms with van der Waals surface area (Å²) in [4.78, 5) is 9.04. The van der Waals surface area contributed by atoms with Crippen molar-refractivity contribution >= 4 is 5.69 Å². The molecule has 1 aliphatic heterocycles. The fourth-order valence-electron chi connectivity index (χ4n) is 3.34. The Hall–Kier alpha value is -3.21. The second-order valence-electron chi connectivity index (χ2n) is 7.31. The predicted molar refractivity (Wildman–Crippen MR) is 107 cm³/mol. The molecule has 2 aromatic carbocycles. The van der Waals surface area contributed by atoms with Gasteiger partial charge in [0.15, 0.2) is 0 Å². The summed E-state index contributed by atoms with van der Waals surface area (Å²) in [5.74, 6) is -1.21. The van der Waals surface area contributed by atoms with E-state index in [0.717, 1.165) is 17.4 Å². The maximum atomic E-state index is 14.2. The third kappa shape index (κ3) is 3.36. The van der Waals surface area contributed by atoms with Crippen molar-refractivity contribution < 1.29 is 8.78 Å². The zero-order valence-corrected chi connectivity index (χ0v) is 15.8. The number of hydrogen-bond acceptors (Lipinski definition) is 3. The molecule has 0 radical (unpaired) electrons. The second kappa shape index (κ2) is 7.08. The van der Waals surface area contributed by atoms with Gasteiger partial charge in [-0.25, -0.2) is 8.78 Å². The molecule has 4 rings (SSSR count). The minimum absolute atomic E-state index is 0.293. The highest BCUT2D eigenvalue weighted by Gasteiger charge is 2.32. The van der Waals surface area contributed by atoms with Crippen molar-refractivity contribution in [1.82, 2.24) is 9.88 Å². The molecule has 0 amide bonds. The Balaban J connectivity index is 1.61. The topological polar surface area (TPSA) is 19.4 Å². The highest BCUT2D eigenvalue weighted by atomic mass is 19.1. The first-order chi connectivity index (χ1) is 13.4. The first kappa shape index (κ1) is 18.2. The van der Waals surface area contributed by atoms with E-state index < -0.39 is 17.2 Å². The van der Waals surface area contributed by atoms with Gasteiger partial charge in [0.25, 0.3) is 0 Å². The van der Waals surface area contributed by atoms with Crippen LogP contribution < -0.4 is 4.90 Å². The molecule has 3 nitrogen and oxygen atoms in total. The first-order valence-electron chi connectivity index (χ1n) is 9.15. The number of pyridine rings is 1. The van der Waals surface area contributed by atoms with Gasteiger partial charge >= 0.3 is 0 Å². The van der Waals surface area contributed by atoms with Crippen molar-refractivity contribution in [3.05, 3.63) is 96.5 Å². The molecule has 5 heteroatoms. The Bertz CT molecular complexity index is 1020. The van der Waals surface area contributed by atoms with Gasteiger partial charge in [-0.2, -0.15) is 0 Å². The van der Waals surface area contributed by atoms with Crippen LogP contribution in [0.5, 0.6) is 0 Å². The Morgan fingerprint density at radius 1 is 0.893 bits per heavy atom. The largest absolute Gasteiger partial charge is 0.348 e. The van der Waals surface area contributed by atoms with Gasteiger partial charge in [0.1, 0.15) is 11.6 Å². The van der Waals surface area contributed by atoms with Gasteiger partial charge in [-0.05, 0) is 50.2 Å². The molecule has 1 aromatic heterocycles. The summed E-state index contributed by atoms with van der Waals surface area (Å²) in [7, 11) is 0. The van der Waals surface area contributed by atoms with Gasteiger partial charge < -0.3 is 9.80 Å². The van der Waals surface area contributed by atoms with Crippen molar-refractivity contribution in [3.63, 3.8) is 0 Å². The molecular formula is C23H21F2N3. The lowest BCUT2D eigenvalue weighted by Crippen LogP contribution is -2.40. The van der Waals surface area contributed by atoms with Crippen molar-refractivity contribution in [3.8, 4) is 11.3 Å². The molecule has 0 unspecified atom stereocenters. The van der Waals surface area contributed by atoms with Gasteiger partial charge in [-0.3, -0.25) is 4.98 Å². The predicted octanol–water partition coefficient (Wildman–Crippen LogP) is 5.51. The van der Waals surface area contributed by atoms with Crippen LogP contribution in [-0.4, -0.2) is 16.6 Å². The second-order valence-corrected chi connectivity index (χ2v) is 7.31. The average Bonchev–Trinajstić information content (AvgIpc) is 3.20.